The van der Waals surface area contributed by atoms with Crippen molar-refractivity contribution in [2.24, 2.45) is 0 Å². The van der Waals surface area contributed by atoms with Gasteiger partial charge < -0.3 is 20.5 Å². The van der Waals surface area contributed by atoms with Crippen LogP contribution >= 0.6 is 15.9 Å². The van der Waals surface area contributed by atoms with Crippen LogP contribution in [0, 0.1) is 6.92 Å². The summed E-state index contributed by atoms with van der Waals surface area (Å²) in [7, 11) is 1.56. The molecule has 5 nitrogen and oxygen atoms in total. The predicted octanol–water partition coefficient (Wildman–Crippen LogP) is 2.67. The number of carbonyl (C=O) groups excluding carboxylic acids is 1. The number of urea groups is 1. The number of rotatable bonds is 6. The Bertz CT molecular complexity index is 460. The number of nitrogens with one attached hydrogen (secondary N) is 2. The highest BCUT2D eigenvalue weighted by Gasteiger charge is 2.26. The molecule has 0 saturated carbocycles. The first-order chi connectivity index (χ1) is 9.40. The van der Waals surface area contributed by atoms with Crippen molar-refractivity contribution >= 4 is 27.6 Å². The number of methoxy groups -OCH3 is 1. The monoisotopic (exact) mass is 344 g/mol. The van der Waals surface area contributed by atoms with E-state index in [0.717, 1.165) is 10.0 Å². The van der Waals surface area contributed by atoms with E-state index in [1.54, 1.807) is 7.11 Å². The fourth-order valence-corrected chi connectivity index (χ4v) is 2.24. The van der Waals surface area contributed by atoms with Gasteiger partial charge in [-0.3, -0.25) is 0 Å². The average Bonchev–Trinajstić information content (AvgIpc) is 2.34. The van der Waals surface area contributed by atoms with Gasteiger partial charge >= 0.3 is 6.03 Å². The van der Waals surface area contributed by atoms with E-state index >= 15 is 0 Å². The molecule has 0 saturated heterocycles. The summed E-state index contributed by atoms with van der Waals surface area (Å²) in [6, 6.07) is 5.38. The second-order valence-electron chi connectivity index (χ2n) is 5.03. The molecule has 112 valence electrons. The van der Waals surface area contributed by atoms with E-state index < -0.39 is 5.54 Å². The largest absolute Gasteiger partial charge is 0.396 e. The molecule has 0 spiro atoms. The van der Waals surface area contributed by atoms with Gasteiger partial charge in [0.25, 0.3) is 0 Å². The minimum Gasteiger partial charge on any atom is -0.396 e. The van der Waals surface area contributed by atoms with Crippen LogP contribution in [-0.4, -0.2) is 37.0 Å². The highest BCUT2D eigenvalue weighted by Crippen LogP contribution is 2.23. The number of benzene rings is 1. The zero-order valence-corrected chi connectivity index (χ0v) is 13.6. The minimum atomic E-state index is -0.607. The summed E-state index contributed by atoms with van der Waals surface area (Å²) in [6.45, 7) is 4.10. The molecule has 1 rings (SSSR count). The Morgan fingerprint density at radius 1 is 1.50 bits per heavy atom. The van der Waals surface area contributed by atoms with Gasteiger partial charge in [0.2, 0.25) is 0 Å². The lowest BCUT2D eigenvalue weighted by molar-refractivity contribution is 0.104. The topological polar surface area (TPSA) is 70.6 Å². The van der Waals surface area contributed by atoms with Gasteiger partial charge in [-0.15, -0.1) is 0 Å². The van der Waals surface area contributed by atoms with E-state index in [1.165, 1.54) is 0 Å². The summed E-state index contributed by atoms with van der Waals surface area (Å²) < 4.78 is 5.90. The number of carbonyl (C=O) groups is 1. The molecule has 2 amide bonds. The molecule has 0 radical (unpaired) electrons. The smallest absolute Gasteiger partial charge is 0.319 e. The molecule has 1 unspecified atom stereocenters. The molecule has 1 atom stereocenters. The first-order valence-corrected chi connectivity index (χ1v) is 7.14. The maximum atomic E-state index is 12.1. The summed E-state index contributed by atoms with van der Waals surface area (Å²) in [5.74, 6) is 0. The predicted molar refractivity (Wildman–Crippen MR) is 83.0 cm³/mol. The number of aliphatic hydroxyl groups excluding tert-OH is 1. The highest BCUT2D eigenvalue weighted by atomic mass is 79.9. The van der Waals surface area contributed by atoms with Crippen LogP contribution in [0.1, 0.15) is 18.9 Å². The minimum absolute atomic E-state index is 0.0196. The number of amides is 2. The molecular weight excluding hydrogens is 324 g/mol. The molecule has 0 heterocycles. The van der Waals surface area contributed by atoms with Crippen molar-refractivity contribution in [2.45, 2.75) is 25.8 Å². The number of halogens is 1. The van der Waals surface area contributed by atoms with E-state index in [4.69, 9.17) is 9.84 Å². The van der Waals surface area contributed by atoms with Crippen LogP contribution < -0.4 is 10.6 Å². The van der Waals surface area contributed by atoms with Gasteiger partial charge in [-0.25, -0.2) is 4.79 Å². The molecule has 0 aromatic heterocycles. The van der Waals surface area contributed by atoms with Crippen LogP contribution in [0.15, 0.2) is 22.7 Å². The second kappa shape index (κ2) is 7.61. The van der Waals surface area contributed by atoms with Gasteiger partial charge in [-0.05, 0) is 53.9 Å². The normalized spacial score (nSPS) is 13.7. The van der Waals surface area contributed by atoms with Crippen molar-refractivity contribution in [1.82, 2.24) is 5.32 Å². The van der Waals surface area contributed by atoms with Crippen LogP contribution in [0.5, 0.6) is 0 Å². The third-order valence-corrected chi connectivity index (χ3v) is 3.60. The molecule has 1 aromatic rings. The summed E-state index contributed by atoms with van der Waals surface area (Å²) in [6.07, 6.45) is 0.420. The Morgan fingerprint density at radius 3 is 2.80 bits per heavy atom. The Balaban J connectivity index is 2.72. The van der Waals surface area contributed by atoms with Gasteiger partial charge in [0.1, 0.15) is 0 Å². The van der Waals surface area contributed by atoms with Gasteiger partial charge in [-0.2, -0.15) is 0 Å². The molecule has 0 aliphatic carbocycles. The Kier molecular flexibility index (Phi) is 6.45. The number of aryl methyl sites for hydroxylation is 1. The fourth-order valence-electron chi connectivity index (χ4n) is 1.90. The molecule has 6 heteroatoms. The standard InChI is InChI=1S/C14H21BrN2O3/c1-10-4-5-11(15)12(8-10)16-13(19)17-14(2,6-7-18)9-20-3/h4-5,8,18H,6-7,9H2,1-3H3,(H2,16,17,19). The fraction of sp³-hybridized carbons (Fsp3) is 0.500. The average molecular weight is 345 g/mol. The van der Waals surface area contributed by atoms with E-state index in [2.05, 4.69) is 26.6 Å². The van der Waals surface area contributed by atoms with Crippen LogP contribution in [0.4, 0.5) is 10.5 Å². The molecule has 3 N–H and O–H groups in total. The molecule has 0 aliphatic rings. The quantitative estimate of drug-likeness (QED) is 0.742. The molecule has 0 fully saturated rings. The summed E-state index contributed by atoms with van der Waals surface area (Å²) in [5.41, 5.74) is 1.15. The maximum Gasteiger partial charge on any atom is 0.319 e. The van der Waals surface area contributed by atoms with Gasteiger partial charge in [0, 0.05) is 18.2 Å². The SMILES string of the molecule is COCC(C)(CCO)NC(=O)Nc1cc(C)ccc1Br. The maximum absolute atomic E-state index is 12.1. The number of hydrogen-bond acceptors (Lipinski definition) is 3. The molecule has 0 aliphatic heterocycles. The summed E-state index contributed by atoms with van der Waals surface area (Å²) >= 11 is 3.39. The first-order valence-electron chi connectivity index (χ1n) is 6.35. The molecule has 0 bridgehead atoms. The highest BCUT2D eigenvalue weighted by molar-refractivity contribution is 9.10. The van der Waals surface area contributed by atoms with Gasteiger partial charge in [0.15, 0.2) is 0 Å². The second-order valence-corrected chi connectivity index (χ2v) is 5.88. The van der Waals surface area contributed by atoms with Crippen LogP contribution in [0.25, 0.3) is 0 Å². The molecule has 20 heavy (non-hydrogen) atoms. The zero-order chi connectivity index (χ0) is 15.2. The summed E-state index contributed by atoms with van der Waals surface area (Å²) in [5, 5.41) is 14.7. The van der Waals surface area contributed by atoms with Crippen molar-refractivity contribution < 1.29 is 14.6 Å². The van der Waals surface area contributed by atoms with Crippen molar-refractivity contribution in [1.29, 1.82) is 0 Å². The Hall–Kier alpha value is -1.11. The van der Waals surface area contributed by atoms with Crippen molar-refractivity contribution in [2.75, 3.05) is 25.6 Å². The van der Waals surface area contributed by atoms with Crippen LogP contribution in [0.3, 0.4) is 0 Å². The van der Waals surface area contributed by atoms with E-state index in [9.17, 15) is 4.79 Å². The van der Waals surface area contributed by atoms with Crippen molar-refractivity contribution in [3.63, 3.8) is 0 Å². The number of ether oxygens (including phenoxy) is 1. The van der Waals surface area contributed by atoms with E-state index in [0.29, 0.717) is 18.7 Å². The lowest BCUT2D eigenvalue weighted by atomic mass is 10.00. The van der Waals surface area contributed by atoms with Crippen LogP contribution in [-0.2, 0) is 4.74 Å². The molecular formula is C14H21BrN2O3. The van der Waals surface area contributed by atoms with Gasteiger partial charge in [-0.1, -0.05) is 6.07 Å². The van der Waals surface area contributed by atoms with Crippen LogP contribution in [0.2, 0.25) is 0 Å². The van der Waals surface area contributed by atoms with Crippen molar-refractivity contribution in [3.05, 3.63) is 28.2 Å². The number of hydrogen-bond donors (Lipinski definition) is 3. The Labute approximate surface area is 127 Å². The van der Waals surface area contributed by atoms with E-state index in [-0.39, 0.29) is 12.6 Å². The van der Waals surface area contributed by atoms with Crippen molar-refractivity contribution in [3.8, 4) is 0 Å². The number of aliphatic hydroxyl groups is 1. The lowest BCUT2D eigenvalue weighted by Crippen LogP contribution is -2.51. The summed E-state index contributed by atoms with van der Waals surface area (Å²) in [4.78, 5) is 12.1. The third kappa shape index (κ3) is 5.11. The molecule has 1 aromatic carbocycles. The van der Waals surface area contributed by atoms with E-state index in [1.807, 2.05) is 32.0 Å². The van der Waals surface area contributed by atoms with Gasteiger partial charge in [0.05, 0.1) is 17.8 Å². The Morgan fingerprint density at radius 2 is 2.20 bits per heavy atom. The zero-order valence-electron chi connectivity index (χ0n) is 12.0. The first kappa shape index (κ1) is 16.9. The number of anilines is 1. The third-order valence-electron chi connectivity index (χ3n) is 2.91. The lowest BCUT2D eigenvalue weighted by Gasteiger charge is -2.29.